The first-order valence-electron chi connectivity index (χ1n) is 3.61. The van der Waals surface area contributed by atoms with E-state index in [9.17, 15) is 4.57 Å². The SMILES string of the molecule is CCP(=O)(Cl)c1ccc(Br)cc1. The fraction of sp³-hybridized carbons (Fsp3) is 0.250. The number of hydrogen-bond donors (Lipinski definition) is 0. The van der Waals surface area contributed by atoms with Crippen molar-refractivity contribution in [3.05, 3.63) is 28.7 Å². The van der Waals surface area contributed by atoms with Gasteiger partial charge in [-0.2, -0.15) is 0 Å². The molecule has 1 aromatic carbocycles. The maximum atomic E-state index is 11.6. The zero-order chi connectivity index (χ0) is 9.19. The molecule has 0 aliphatic carbocycles. The van der Waals surface area contributed by atoms with Gasteiger partial charge in [-0.15, -0.1) is 0 Å². The predicted molar refractivity (Wildman–Crippen MR) is 57.8 cm³/mol. The lowest BCUT2D eigenvalue weighted by atomic mass is 10.4. The van der Waals surface area contributed by atoms with Gasteiger partial charge in [0.2, 0.25) is 0 Å². The van der Waals surface area contributed by atoms with Gasteiger partial charge in [0.1, 0.15) is 0 Å². The van der Waals surface area contributed by atoms with Crippen LogP contribution in [-0.2, 0) is 4.57 Å². The van der Waals surface area contributed by atoms with Crippen LogP contribution in [0.3, 0.4) is 0 Å². The van der Waals surface area contributed by atoms with Gasteiger partial charge >= 0.3 is 0 Å². The molecule has 1 unspecified atom stereocenters. The molecule has 0 radical (unpaired) electrons. The van der Waals surface area contributed by atoms with Crippen molar-refractivity contribution in [3.8, 4) is 0 Å². The van der Waals surface area contributed by atoms with Crippen molar-refractivity contribution in [1.29, 1.82) is 0 Å². The molecule has 1 atom stereocenters. The summed E-state index contributed by atoms with van der Waals surface area (Å²) in [5.74, 6) is 0. The van der Waals surface area contributed by atoms with Crippen LogP contribution in [0.4, 0.5) is 0 Å². The molecule has 12 heavy (non-hydrogen) atoms. The Labute approximate surface area is 85.4 Å². The summed E-state index contributed by atoms with van der Waals surface area (Å²) < 4.78 is 12.6. The second kappa shape index (κ2) is 3.95. The molecule has 0 saturated carbocycles. The second-order valence-electron chi connectivity index (χ2n) is 2.44. The van der Waals surface area contributed by atoms with E-state index in [4.69, 9.17) is 11.2 Å². The maximum absolute atomic E-state index is 11.6. The highest BCUT2D eigenvalue weighted by Gasteiger charge is 2.17. The minimum atomic E-state index is -2.59. The average molecular weight is 267 g/mol. The van der Waals surface area contributed by atoms with E-state index in [1.165, 1.54) is 0 Å². The number of halogens is 2. The van der Waals surface area contributed by atoms with E-state index in [0.29, 0.717) is 6.16 Å². The molecule has 0 heterocycles. The molecule has 0 aliphatic heterocycles. The van der Waals surface area contributed by atoms with Crippen molar-refractivity contribution in [1.82, 2.24) is 0 Å². The van der Waals surface area contributed by atoms with Crippen molar-refractivity contribution in [2.75, 3.05) is 6.16 Å². The molecule has 1 nitrogen and oxygen atoms in total. The first-order chi connectivity index (χ1) is 5.56. The van der Waals surface area contributed by atoms with Crippen LogP contribution in [0.2, 0.25) is 0 Å². The average Bonchev–Trinajstić information content (AvgIpc) is 2.05. The molecule has 0 spiro atoms. The zero-order valence-electron chi connectivity index (χ0n) is 6.63. The van der Waals surface area contributed by atoms with Crippen molar-refractivity contribution >= 4 is 39.0 Å². The number of hydrogen-bond acceptors (Lipinski definition) is 1. The van der Waals surface area contributed by atoms with E-state index in [2.05, 4.69) is 15.9 Å². The van der Waals surface area contributed by atoms with Gasteiger partial charge in [-0.1, -0.05) is 22.9 Å². The molecule has 0 bridgehead atoms. The van der Waals surface area contributed by atoms with E-state index >= 15 is 0 Å². The fourth-order valence-corrected chi connectivity index (χ4v) is 2.41. The fourth-order valence-electron chi connectivity index (χ4n) is 0.846. The minimum Gasteiger partial charge on any atom is -0.302 e. The van der Waals surface area contributed by atoms with Crippen molar-refractivity contribution in [2.45, 2.75) is 6.92 Å². The Hall–Kier alpha value is 0.220. The van der Waals surface area contributed by atoms with Gasteiger partial charge in [0, 0.05) is 15.9 Å². The highest BCUT2D eigenvalue weighted by atomic mass is 79.9. The molecule has 1 rings (SSSR count). The predicted octanol–water partition coefficient (Wildman–Crippen LogP) is 3.61. The lowest BCUT2D eigenvalue weighted by Gasteiger charge is -2.06. The molecular formula is C8H9BrClOP. The summed E-state index contributed by atoms with van der Waals surface area (Å²) in [5.41, 5.74) is 0. The van der Waals surface area contributed by atoms with Gasteiger partial charge in [0.15, 0.2) is 6.49 Å². The monoisotopic (exact) mass is 266 g/mol. The summed E-state index contributed by atoms with van der Waals surface area (Å²) in [6.45, 7) is -0.765. The molecule has 0 aromatic heterocycles. The lowest BCUT2D eigenvalue weighted by molar-refractivity contribution is 0.590. The summed E-state index contributed by atoms with van der Waals surface area (Å²) in [5, 5.41) is 0.731. The quantitative estimate of drug-likeness (QED) is 0.748. The molecule has 0 N–H and O–H groups in total. The minimum absolute atomic E-state index is 0.496. The number of rotatable bonds is 2. The normalized spacial score (nSPS) is 15.6. The zero-order valence-corrected chi connectivity index (χ0v) is 9.86. The van der Waals surface area contributed by atoms with Crippen LogP contribution in [0.25, 0.3) is 0 Å². The van der Waals surface area contributed by atoms with Crippen LogP contribution in [0.5, 0.6) is 0 Å². The Kier molecular flexibility index (Phi) is 3.39. The van der Waals surface area contributed by atoms with Gasteiger partial charge in [-0.05, 0) is 35.5 Å². The third kappa shape index (κ3) is 2.35. The topological polar surface area (TPSA) is 17.1 Å². The second-order valence-corrected chi connectivity index (χ2v) is 7.45. The molecule has 0 fully saturated rings. The maximum Gasteiger partial charge on any atom is 0.197 e. The van der Waals surface area contributed by atoms with Crippen molar-refractivity contribution in [3.63, 3.8) is 0 Å². The smallest absolute Gasteiger partial charge is 0.197 e. The molecule has 4 heteroatoms. The van der Waals surface area contributed by atoms with Crippen LogP contribution in [-0.4, -0.2) is 6.16 Å². The van der Waals surface area contributed by atoms with Crippen LogP contribution in [0.15, 0.2) is 28.7 Å². The molecule has 0 saturated heterocycles. The Morgan fingerprint density at radius 3 is 2.33 bits per heavy atom. The highest BCUT2D eigenvalue weighted by molar-refractivity contribution is 9.10. The summed E-state index contributed by atoms with van der Waals surface area (Å²) in [6.07, 6.45) is 0.496. The van der Waals surface area contributed by atoms with E-state index in [0.717, 1.165) is 9.78 Å². The molecule has 1 aromatic rings. The summed E-state index contributed by atoms with van der Waals surface area (Å²) >= 11 is 9.14. The first-order valence-corrected chi connectivity index (χ1v) is 7.20. The van der Waals surface area contributed by atoms with Gasteiger partial charge in [-0.3, -0.25) is 0 Å². The Balaban J connectivity index is 3.05. The third-order valence-electron chi connectivity index (χ3n) is 1.62. The van der Waals surface area contributed by atoms with Crippen LogP contribution in [0.1, 0.15) is 6.92 Å². The van der Waals surface area contributed by atoms with Crippen LogP contribution < -0.4 is 5.30 Å². The van der Waals surface area contributed by atoms with Crippen LogP contribution in [0, 0.1) is 0 Å². The van der Waals surface area contributed by atoms with Gasteiger partial charge in [0.25, 0.3) is 0 Å². The van der Waals surface area contributed by atoms with Crippen molar-refractivity contribution < 1.29 is 4.57 Å². The lowest BCUT2D eigenvalue weighted by Crippen LogP contribution is -2.00. The van der Waals surface area contributed by atoms with Crippen LogP contribution >= 0.6 is 33.7 Å². The highest BCUT2D eigenvalue weighted by Crippen LogP contribution is 2.49. The van der Waals surface area contributed by atoms with E-state index < -0.39 is 6.49 Å². The standard InChI is InChI=1S/C8H9BrClOP/c1-2-12(10,11)8-5-3-7(9)4-6-8/h3-6H,2H2,1H3. The third-order valence-corrected chi connectivity index (χ3v) is 5.33. The largest absolute Gasteiger partial charge is 0.302 e. The first kappa shape index (κ1) is 10.3. The Morgan fingerprint density at radius 1 is 1.42 bits per heavy atom. The summed E-state index contributed by atoms with van der Waals surface area (Å²) in [6, 6.07) is 7.28. The van der Waals surface area contributed by atoms with E-state index in [1.54, 1.807) is 12.1 Å². The summed E-state index contributed by atoms with van der Waals surface area (Å²) in [7, 11) is 0. The molecule has 66 valence electrons. The van der Waals surface area contributed by atoms with Gasteiger partial charge in [-0.25, -0.2) is 0 Å². The molecular weight excluding hydrogens is 258 g/mol. The van der Waals surface area contributed by atoms with Gasteiger partial charge < -0.3 is 4.57 Å². The Morgan fingerprint density at radius 2 is 1.92 bits per heavy atom. The van der Waals surface area contributed by atoms with E-state index in [1.807, 2.05) is 19.1 Å². The molecule has 0 aliphatic rings. The van der Waals surface area contributed by atoms with Crippen molar-refractivity contribution in [2.24, 2.45) is 0 Å². The summed E-state index contributed by atoms with van der Waals surface area (Å²) in [4.78, 5) is 0. The molecule has 0 amide bonds. The van der Waals surface area contributed by atoms with Gasteiger partial charge in [0.05, 0.1) is 0 Å². The Bertz CT molecular complexity index is 309. The van der Waals surface area contributed by atoms with E-state index in [-0.39, 0.29) is 0 Å². The number of benzene rings is 1.